The number of fused-ring (bicyclic) bond motifs is 1. The van der Waals surface area contributed by atoms with Crippen LogP contribution in [0.15, 0.2) is 68.9 Å². The fourth-order valence-corrected chi connectivity index (χ4v) is 4.26. The van der Waals surface area contributed by atoms with E-state index in [1.807, 2.05) is 64.1 Å². The highest BCUT2D eigenvalue weighted by molar-refractivity contribution is 5.88. The van der Waals surface area contributed by atoms with Crippen LogP contribution < -0.4 is 19.6 Å². The first-order valence-corrected chi connectivity index (χ1v) is 13.7. The van der Waals surface area contributed by atoms with Crippen molar-refractivity contribution in [2.45, 2.75) is 34.1 Å². The number of aromatic hydroxyl groups is 1. The SMILES string of the molecule is CC(C)=CCOc1ccc(-c2oc3cc(OCC=C(C)C)cc(O)c3c(=O)c2OCCCN2CCOCC2)cc1. The Morgan fingerprint density at radius 2 is 1.57 bits per heavy atom. The lowest BCUT2D eigenvalue weighted by Gasteiger charge is -2.26. The van der Waals surface area contributed by atoms with Crippen LogP contribution in [0.4, 0.5) is 0 Å². The van der Waals surface area contributed by atoms with E-state index in [9.17, 15) is 9.90 Å². The normalized spacial score (nSPS) is 13.6. The van der Waals surface area contributed by atoms with Gasteiger partial charge in [-0.15, -0.1) is 0 Å². The molecule has 0 aliphatic carbocycles. The van der Waals surface area contributed by atoms with Crippen molar-refractivity contribution in [2.75, 3.05) is 52.7 Å². The molecule has 0 spiro atoms. The number of hydrogen-bond donors (Lipinski definition) is 1. The average molecular weight is 550 g/mol. The van der Waals surface area contributed by atoms with Gasteiger partial charge in [-0.25, -0.2) is 0 Å². The van der Waals surface area contributed by atoms with Crippen molar-refractivity contribution >= 4 is 11.0 Å². The molecule has 0 bridgehead atoms. The van der Waals surface area contributed by atoms with Gasteiger partial charge in [0.1, 0.15) is 41.4 Å². The lowest BCUT2D eigenvalue weighted by Crippen LogP contribution is -2.37. The predicted molar refractivity (Wildman–Crippen MR) is 157 cm³/mol. The molecule has 1 aliphatic rings. The molecule has 0 atom stereocenters. The minimum atomic E-state index is -0.431. The summed E-state index contributed by atoms with van der Waals surface area (Å²) in [5, 5.41) is 10.8. The zero-order chi connectivity index (χ0) is 28.5. The van der Waals surface area contributed by atoms with E-state index < -0.39 is 5.43 Å². The standard InChI is InChI=1S/C32H39NO7/c1-22(2)10-16-37-25-8-6-24(7-9-25)31-32(39-15-5-12-33-13-18-36-19-14-33)30(35)29-27(34)20-26(21-28(29)40-31)38-17-11-23(3)4/h6-11,20-21,34H,5,12-19H2,1-4H3. The number of phenolic OH excluding ortho intramolecular Hbond substituents is 1. The van der Waals surface area contributed by atoms with E-state index in [1.54, 1.807) is 6.07 Å². The molecule has 0 radical (unpaired) electrons. The summed E-state index contributed by atoms with van der Waals surface area (Å²) in [6.45, 7) is 13.2. The van der Waals surface area contributed by atoms with E-state index in [0.29, 0.717) is 42.6 Å². The number of benzene rings is 2. The van der Waals surface area contributed by atoms with Gasteiger partial charge in [0.05, 0.1) is 19.8 Å². The van der Waals surface area contributed by atoms with Crippen LogP contribution >= 0.6 is 0 Å². The van der Waals surface area contributed by atoms with Crippen molar-refractivity contribution < 1.29 is 28.5 Å². The summed E-state index contributed by atoms with van der Waals surface area (Å²) in [5.74, 6) is 1.25. The van der Waals surface area contributed by atoms with Gasteiger partial charge in [0.25, 0.3) is 0 Å². The molecule has 214 valence electrons. The maximum Gasteiger partial charge on any atom is 0.239 e. The molecule has 0 amide bonds. The first-order valence-electron chi connectivity index (χ1n) is 13.7. The number of rotatable bonds is 12. The Morgan fingerprint density at radius 3 is 2.23 bits per heavy atom. The van der Waals surface area contributed by atoms with Crippen LogP contribution in [0.1, 0.15) is 34.1 Å². The molecule has 3 aromatic rings. The minimum absolute atomic E-state index is 0.0585. The fourth-order valence-electron chi connectivity index (χ4n) is 4.26. The summed E-state index contributed by atoms with van der Waals surface area (Å²) < 4.78 is 29.3. The van der Waals surface area contributed by atoms with E-state index in [1.165, 1.54) is 11.6 Å². The molecular weight excluding hydrogens is 510 g/mol. The molecule has 4 rings (SSSR count). The first kappa shape index (κ1) is 29.2. The van der Waals surface area contributed by atoms with Crippen molar-refractivity contribution in [3.63, 3.8) is 0 Å². The number of phenols is 1. The van der Waals surface area contributed by atoms with Gasteiger partial charge in [-0.05, 0) is 70.5 Å². The molecule has 0 unspecified atom stereocenters. The molecular formula is C32H39NO7. The highest BCUT2D eigenvalue weighted by Crippen LogP contribution is 2.36. The van der Waals surface area contributed by atoms with Crippen molar-refractivity contribution in [3.8, 4) is 34.3 Å². The molecule has 0 saturated carbocycles. The van der Waals surface area contributed by atoms with Crippen LogP contribution in [0, 0.1) is 0 Å². The van der Waals surface area contributed by atoms with Gasteiger partial charge in [0, 0.05) is 37.3 Å². The number of hydrogen-bond acceptors (Lipinski definition) is 8. The maximum absolute atomic E-state index is 13.7. The second-order valence-electron chi connectivity index (χ2n) is 10.3. The van der Waals surface area contributed by atoms with Gasteiger partial charge >= 0.3 is 0 Å². The Hall–Kier alpha value is -3.75. The summed E-state index contributed by atoms with van der Waals surface area (Å²) in [4.78, 5) is 16.0. The molecule has 2 aromatic carbocycles. The van der Waals surface area contributed by atoms with Gasteiger partial charge in [-0.1, -0.05) is 11.1 Å². The first-order chi connectivity index (χ1) is 19.3. The van der Waals surface area contributed by atoms with E-state index in [4.69, 9.17) is 23.4 Å². The monoisotopic (exact) mass is 549 g/mol. The molecule has 2 heterocycles. The van der Waals surface area contributed by atoms with Crippen LogP contribution in [0.2, 0.25) is 0 Å². The Labute approximate surface area is 235 Å². The smallest absolute Gasteiger partial charge is 0.239 e. The summed E-state index contributed by atoms with van der Waals surface area (Å²) in [5.41, 5.74) is 2.74. The summed E-state index contributed by atoms with van der Waals surface area (Å²) in [7, 11) is 0. The Balaban J connectivity index is 1.64. The largest absolute Gasteiger partial charge is 0.507 e. The van der Waals surface area contributed by atoms with Crippen LogP contribution in [0.5, 0.6) is 23.0 Å². The molecule has 8 nitrogen and oxygen atoms in total. The average Bonchev–Trinajstić information content (AvgIpc) is 2.92. The Kier molecular flexibility index (Phi) is 10.3. The van der Waals surface area contributed by atoms with E-state index >= 15 is 0 Å². The highest BCUT2D eigenvalue weighted by atomic mass is 16.5. The number of morpholine rings is 1. The number of allylic oxidation sites excluding steroid dienone is 2. The Bertz CT molecular complexity index is 1390. The fraction of sp³-hybridized carbons (Fsp3) is 0.406. The topological polar surface area (TPSA) is 90.6 Å². The lowest BCUT2D eigenvalue weighted by molar-refractivity contribution is 0.0357. The van der Waals surface area contributed by atoms with Crippen LogP contribution in [0.25, 0.3) is 22.3 Å². The zero-order valence-corrected chi connectivity index (χ0v) is 23.8. The molecule has 1 saturated heterocycles. The summed E-state index contributed by atoms with van der Waals surface area (Å²) in [6.07, 6.45) is 4.66. The zero-order valence-electron chi connectivity index (χ0n) is 23.8. The van der Waals surface area contributed by atoms with Gasteiger partial charge in [-0.2, -0.15) is 0 Å². The molecule has 1 fully saturated rings. The van der Waals surface area contributed by atoms with Crippen LogP contribution in [0.3, 0.4) is 0 Å². The number of nitrogens with zero attached hydrogens (tertiary/aromatic N) is 1. The Morgan fingerprint density at radius 1 is 0.925 bits per heavy atom. The van der Waals surface area contributed by atoms with E-state index in [2.05, 4.69) is 4.90 Å². The van der Waals surface area contributed by atoms with Gasteiger partial charge < -0.3 is 28.5 Å². The van der Waals surface area contributed by atoms with Crippen molar-refractivity contribution in [3.05, 3.63) is 69.9 Å². The molecule has 1 N–H and O–H groups in total. The molecule has 1 aromatic heterocycles. The van der Waals surface area contributed by atoms with E-state index in [0.717, 1.165) is 44.8 Å². The number of ether oxygens (including phenoxy) is 4. The second-order valence-corrected chi connectivity index (χ2v) is 10.3. The third-order valence-corrected chi connectivity index (χ3v) is 6.47. The highest BCUT2D eigenvalue weighted by Gasteiger charge is 2.21. The lowest BCUT2D eigenvalue weighted by atomic mass is 10.1. The van der Waals surface area contributed by atoms with Crippen LogP contribution in [-0.4, -0.2) is 62.7 Å². The molecule has 8 heteroatoms. The minimum Gasteiger partial charge on any atom is -0.507 e. The second kappa shape index (κ2) is 14.1. The van der Waals surface area contributed by atoms with Gasteiger partial charge in [-0.3, -0.25) is 9.69 Å². The van der Waals surface area contributed by atoms with Crippen molar-refractivity contribution in [1.82, 2.24) is 4.90 Å². The van der Waals surface area contributed by atoms with E-state index in [-0.39, 0.29) is 22.5 Å². The van der Waals surface area contributed by atoms with Crippen molar-refractivity contribution in [2.24, 2.45) is 0 Å². The van der Waals surface area contributed by atoms with Crippen LogP contribution in [-0.2, 0) is 4.74 Å². The summed E-state index contributed by atoms with van der Waals surface area (Å²) in [6, 6.07) is 10.4. The molecule has 40 heavy (non-hydrogen) atoms. The predicted octanol–water partition coefficient (Wildman–Crippen LogP) is 5.96. The summed E-state index contributed by atoms with van der Waals surface area (Å²) >= 11 is 0. The maximum atomic E-state index is 13.7. The van der Waals surface area contributed by atoms with Gasteiger partial charge in [0.15, 0.2) is 5.76 Å². The van der Waals surface area contributed by atoms with Crippen molar-refractivity contribution in [1.29, 1.82) is 0 Å². The quantitative estimate of drug-likeness (QED) is 0.219. The third kappa shape index (κ3) is 7.90. The van der Waals surface area contributed by atoms with Gasteiger partial charge in [0.2, 0.25) is 11.2 Å². The third-order valence-electron chi connectivity index (χ3n) is 6.47. The molecule has 1 aliphatic heterocycles.